The van der Waals surface area contributed by atoms with Crippen molar-refractivity contribution < 1.29 is 18.3 Å². The minimum atomic E-state index is -0.641. The van der Waals surface area contributed by atoms with E-state index in [0.29, 0.717) is 5.69 Å². The minimum absolute atomic E-state index is 0.0243. The van der Waals surface area contributed by atoms with Gasteiger partial charge in [-0.15, -0.1) is 0 Å². The number of halogens is 2. The van der Waals surface area contributed by atoms with Crippen molar-refractivity contribution in [3.05, 3.63) is 87.8 Å². The van der Waals surface area contributed by atoms with Crippen LogP contribution < -0.4 is 10.2 Å². The molecule has 0 aliphatic heterocycles. The Bertz CT molecular complexity index is 1100. The van der Waals surface area contributed by atoms with Gasteiger partial charge in [-0.25, -0.2) is 13.5 Å². The van der Waals surface area contributed by atoms with E-state index in [1.165, 1.54) is 53.0 Å². The van der Waals surface area contributed by atoms with Crippen molar-refractivity contribution in [2.75, 3.05) is 20.2 Å². The molecule has 8 heteroatoms. The predicted molar refractivity (Wildman–Crippen MR) is 103 cm³/mol. The summed E-state index contributed by atoms with van der Waals surface area (Å²) in [5, 5.41) is 4.08. The fraction of sp³-hybridized carbons (Fsp3) is 0.190. The van der Waals surface area contributed by atoms with Gasteiger partial charge < -0.3 is 9.64 Å². The Kier molecular flexibility index (Phi) is 6.01. The molecule has 0 bridgehead atoms. The molecule has 2 aromatic carbocycles. The largest absolute Gasteiger partial charge is 0.489 e. The van der Waals surface area contributed by atoms with E-state index >= 15 is 0 Å². The number of carbonyl (C=O) groups is 1. The summed E-state index contributed by atoms with van der Waals surface area (Å²) in [4.78, 5) is 26.2. The zero-order chi connectivity index (χ0) is 21.0. The standard InChI is InChI=1S/C21H19F2N3O3/c1-14-13-18(27)20(24-26(14)17-9-5-3-7-15(17)22)21(28)25(2)11-12-29-19-10-6-4-8-16(19)23/h3-10,13H,11-12H2,1-2H3. The van der Waals surface area contributed by atoms with Crippen LogP contribution in [0.3, 0.4) is 0 Å². The van der Waals surface area contributed by atoms with Crippen LogP contribution in [0.5, 0.6) is 5.75 Å². The molecule has 3 rings (SSSR count). The number of carbonyl (C=O) groups excluding carboxylic acids is 1. The molecular weight excluding hydrogens is 380 g/mol. The summed E-state index contributed by atoms with van der Waals surface area (Å²) in [5.41, 5.74) is -0.388. The van der Waals surface area contributed by atoms with E-state index < -0.39 is 23.0 Å². The topological polar surface area (TPSA) is 64.4 Å². The van der Waals surface area contributed by atoms with Crippen LogP contribution >= 0.6 is 0 Å². The molecule has 0 atom stereocenters. The van der Waals surface area contributed by atoms with Crippen molar-refractivity contribution >= 4 is 5.91 Å². The number of likely N-dealkylation sites (N-methyl/N-ethyl adjacent to an activating group) is 1. The maximum atomic E-state index is 14.1. The summed E-state index contributed by atoms with van der Waals surface area (Å²) in [6.07, 6.45) is 0. The number of nitrogens with zero attached hydrogens (tertiary/aromatic N) is 3. The van der Waals surface area contributed by atoms with E-state index in [0.717, 1.165) is 0 Å². The van der Waals surface area contributed by atoms with Crippen LogP contribution in [-0.2, 0) is 0 Å². The Morgan fingerprint density at radius 1 is 1.10 bits per heavy atom. The Balaban J connectivity index is 1.78. The lowest BCUT2D eigenvalue weighted by atomic mass is 10.2. The van der Waals surface area contributed by atoms with Gasteiger partial charge in [-0.2, -0.15) is 5.10 Å². The summed E-state index contributed by atoms with van der Waals surface area (Å²) in [6, 6.07) is 13.1. The van der Waals surface area contributed by atoms with Crippen molar-refractivity contribution in [1.82, 2.24) is 14.7 Å². The molecule has 0 spiro atoms. The van der Waals surface area contributed by atoms with Crippen LogP contribution in [0.25, 0.3) is 5.69 Å². The Hall–Kier alpha value is -3.55. The highest BCUT2D eigenvalue weighted by atomic mass is 19.1. The first-order chi connectivity index (χ1) is 13.9. The SMILES string of the molecule is Cc1cc(=O)c(C(=O)N(C)CCOc2ccccc2F)nn1-c1ccccc1F. The molecule has 0 radical (unpaired) electrons. The third kappa shape index (κ3) is 4.48. The summed E-state index contributed by atoms with van der Waals surface area (Å²) >= 11 is 0. The number of aryl methyl sites for hydroxylation is 1. The second-order valence-electron chi connectivity index (χ2n) is 6.37. The highest BCUT2D eigenvalue weighted by Crippen LogP contribution is 2.15. The molecule has 0 saturated heterocycles. The zero-order valence-corrected chi connectivity index (χ0v) is 15.9. The Morgan fingerprint density at radius 2 is 1.76 bits per heavy atom. The maximum absolute atomic E-state index is 14.1. The fourth-order valence-corrected chi connectivity index (χ4v) is 2.70. The van der Waals surface area contributed by atoms with Gasteiger partial charge in [-0.1, -0.05) is 24.3 Å². The van der Waals surface area contributed by atoms with Gasteiger partial charge in [-0.05, 0) is 31.2 Å². The van der Waals surface area contributed by atoms with Crippen molar-refractivity contribution in [2.24, 2.45) is 0 Å². The lowest BCUT2D eigenvalue weighted by Gasteiger charge is -2.18. The van der Waals surface area contributed by atoms with Gasteiger partial charge in [-0.3, -0.25) is 9.59 Å². The molecule has 1 aromatic heterocycles. The van der Waals surface area contributed by atoms with Crippen LogP contribution in [0, 0.1) is 18.6 Å². The first-order valence-electron chi connectivity index (χ1n) is 8.87. The van der Waals surface area contributed by atoms with E-state index in [1.807, 2.05) is 0 Å². The predicted octanol–water partition coefficient (Wildman–Crippen LogP) is 2.97. The number of rotatable bonds is 6. The summed E-state index contributed by atoms with van der Waals surface area (Å²) < 4.78 is 34.2. The van der Waals surface area contributed by atoms with Gasteiger partial charge in [0.05, 0.1) is 6.54 Å². The highest BCUT2D eigenvalue weighted by molar-refractivity contribution is 5.91. The summed E-state index contributed by atoms with van der Waals surface area (Å²) in [6.45, 7) is 1.72. The second kappa shape index (κ2) is 8.64. The number of ether oxygens (including phenoxy) is 1. The lowest BCUT2D eigenvalue weighted by molar-refractivity contribution is 0.0763. The van der Waals surface area contributed by atoms with E-state index in [4.69, 9.17) is 4.74 Å². The molecular formula is C21H19F2N3O3. The van der Waals surface area contributed by atoms with Gasteiger partial charge in [0.15, 0.2) is 17.3 Å². The van der Waals surface area contributed by atoms with Crippen molar-refractivity contribution in [2.45, 2.75) is 6.92 Å². The third-order valence-corrected chi connectivity index (χ3v) is 4.26. The van der Waals surface area contributed by atoms with Crippen LogP contribution in [0.2, 0.25) is 0 Å². The van der Waals surface area contributed by atoms with Gasteiger partial charge in [0.1, 0.15) is 18.1 Å². The molecule has 0 fully saturated rings. The van der Waals surface area contributed by atoms with Crippen LogP contribution in [-0.4, -0.2) is 40.8 Å². The van der Waals surface area contributed by atoms with Crippen LogP contribution in [0.1, 0.15) is 16.2 Å². The summed E-state index contributed by atoms with van der Waals surface area (Å²) in [7, 11) is 1.47. The quantitative estimate of drug-likeness (QED) is 0.639. The first kappa shape index (κ1) is 20.2. The van der Waals surface area contributed by atoms with E-state index in [9.17, 15) is 18.4 Å². The third-order valence-electron chi connectivity index (χ3n) is 4.26. The Morgan fingerprint density at radius 3 is 2.45 bits per heavy atom. The second-order valence-corrected chi connectivity index (χ2v) is 6.37. The van der Waals surface area contributed by atoms with Crippen molar-refractivity contribution in [1.29, 1.82) is 0 Å². The van der Waals surface area contributed by atoms with Crippen molar-refractivity contribution in [3.63, 3.8) is 0 Å². The van der Waals surface area contributed by atoms with Gasteiger partial charge in [0.25, 0.3) is 5.91 Å². The molecule has 0 aliphatic rings. The van der Waals surface area contributed by atoms with E-state index in [2.05, 4.69) is 5.10 Å². The molecule has 0 unspecified atom stereocenters. The van der Waals surface area contributed by atoms with Gasteiger partial charge in [0, 0.05) is 18.8 Å². The molecule has 3 aromatic rings. The number of para-hydroxylation sites is 2. The minimum Gasteiger partial charge on any atom is -0.489 e. The van der Waals surface area contributed by atoms with Gasteiger partial charge >= 0.3 is 0 Å². The monoisotopic (exact) mass is 399 g/mol. The van der Waals surface area contributed by atoms with Gasteiger partial charge in [0.2, 0.25) is 5.43 Å². The first-order valence-corrected chi connectivity index (χ1v) is 8.87. The summed E-state index contributed by atoms with van der Waals surface area (Å²) in [5.74, 6) is -1.60. The number of hydrogen-bond donors (Lipinski definition) is 0. The van der Waals surface area contributed by atoms with E-state index in [-0.39, 0.29) is 30.3 Å². The number of benzene rings is 2. The molecule has 29 heavy (non-hydrogen) atoms. The lowest BCUT2D eigenvalue weighted by Crippen LogP contribution is -2.36. The molecule has 1 amide bonds. The average Bonchev–Trinajstić information content (AvgIpc) is 2.70. The highest BCUT2D eigenvalue weighted by Gasteiger charge is 2.20. The number of hydrogen-bond acceptors (Lipinski definition) is 4. The molecule has 150 valence electrons. The molecule has 0 aliphatic carbocycles. The fourth-order valence-electron chi connectivity index (χ4n) is 2.70. The normalized spacial score (nSPS) is 10.6. The average molecular weight is 399 g/mol. The molecule has 1 heterocycles. The van der Waals surface area contributed by atoms with Crippen LogP contribution in [0.4, 0.5) is 8.78 Å². The maximum Gasteiger partial charge on any atom is 0.278 e. The molecule has 0 N–H and O–H groups in total. The zero-order valence-electron chi connectivity index (χ0n) is 15.9. The Labute approximate surface area is 166 Å². The number of aromatic nitrogens is 2. The smallest absolute Gasteiger partial charge is 0.278 e. The van der Waals surface area contributed by atoms with Crippen molar-refractivity contribution in [3.8, 4) is 11.4 Å². The number of amides is 1. The molecule has 6 nitrogen and oxygen atoms in total. The van der Waals surface area contributed by atoms with Crippen LogP contribution in [0.15, 0.2) is 59.4 Å². The van der Waals surface area contributed by atoms with E-state index in [1.54, 1.807) is 25.1 Å². The molecule has 0 saturated carbocycles.